The fraction of sp³-hybridized carbons (Fsp3) is 0.889. The molecule has 1 amide bonds. The van der Waals surface area contributed by atoms with Gasteiger partial charge in [-0.25, -0.2) is 0 Å². The average Bonchev–Trinajstić information content (AvgIpc) is 2.16. The van der Waals surface area contributed by atoms with Crippen molar-refractivity contribution in [3.8, 4) is 0 Å². The molecule has 0 aromatic rings. The normalized spacial score (nSPS) is 22.1. The number of carbonyl (C=O) groups is 1. The molecular weight excluding hydrogens is 184 g/mol. The zero-order valence-corrected chi connectivity index (χ0v) is 8.44. The monoisotopic (exact) mass is 200 g/mol. The third-order valence-corrected chi connectivity index (χ3v) is 2.68. The summed E-state index contributed by atoms with van der Waals surface area (Å²) in [6, 6.07) is 0.219. The Hall–Kier alpha value is -1.13. The molecule has 5 nitrogen and oxygen atoms in total. The first-order chi connectivity index (χ1) is 6.65. The molecule has 1 fully saturated rings. The zero-order valence-electron chi connectivity index (χ0n) is 8.44. The van der Waals surface area contributed by atoms with Gasteiger partial charge in [-0.05, 0) is 25.7 Å². The van der Waals surface area contributed by atoms with Crippen molar-refractivity contribution in [3.63, 3.8) is 0 Å². The van der Waals surface area contributed by atoms with Crippen LogP contribution in [-0.4, -0.2) is 34.9 Å². The van der Waals surface area contributed by atoms with Crippen LogP contribution in [0.15, 0.2) is 0 Å². The SMILES string of the molecule is CCC1CCCCN1C(=O)C[N+](=O)[O-]. The molecule has 0 spiro atoms. The first kappa shape index (κ1) is 10.9. The second kappa shape index (κ2) is 4.93. The van der Waals surface area contributed by atoms with E-state index in [1.165, 1.54) is 0 Å². The minimum atomic E-state index is -0.559. The van der Waals surface area contributed by atoms with E-state index in [1.807, 2.05) is 6.92 Å². The second-order valence-corrected chi connectivity index (χ2v) is 3.64. The lowest BCUT2D eigenvalue weighted by Gasteiger charge is -2.34. The Morgan fingerprint density at radius 3 is 2.86 bits per heavy atom. The highest BCUT2D eigenvalue weighted by Crippen LogP contribution is 2.19. The molecular formula is C9H16N2O3. The van der Waals surface area contributed by atoms with Gasteiger partial charge in [0.1, 0.15) is 0 Å². The summed E-state index contributed by atoms with van der Waals surface area (Å²) in [5.41, 5.74) is 0. The number of likely N-dealkylation sites (tertiary alicyclic amines) is 1. The van der Waals surface area contributed by atoms with Gasteiger partial charge in [-0.1, -0.05) is 6.92 Å². The van der Waals surface area contributed by atoms with Crippen molar-refractivity contribution in [2.24, 2.45) is 0 Å². The molecule has 0 N–H and O–H groups in total. The predicted octanol–water partition coefficient (Wildman–Crippen LogP) is 1.05. The number of hydrogen-bond donors (Lipinski definition) is 0. The maximum Gasteiger partial charge on any atom is 0.294 e. The minimum absolute atomic E-state index is 0.219. The van der Waals surface area contributed by atoms with E-state index in [2.05, 4.69) is 0 Å². The minimum Gasteiger partial charge on any atom is -0.334 e. The fourth-order valence-corrected chi connectivity index (χ4v) is 1.95. The van der Waals surface area contributed by atoms with Gasteiger partial charge in [0.25, 0.3) is 12.5 Å². The van der Waals surface area contributed by atoms with Crippen molar-refractivity contribution in [1.29, 1.82) is 0 Å². The Morgan fingerprint density at radius 2 is 2.29 bits per heavy atom. The predicted molar refractivity (Wildman–Crippen MR) is 51.5 cm³/mol. The molecule has 0 radical (unpaired) electrons. The van der Waals surface area contributed by atoms with E-state index in [0.717, 1.165) is 25.7 Å². The lowest BCUT2D eigenvalue weighted by molar-refractivity contribution is -0.469. The summed E-state index contributed by atoms with van der Waals surface area (Å²) < 4.78 is 0. The quantitative estimate of drug-likeness (QED) is 0.505. The van der Waals surface area contributed by atoms with E-state index in [1.54, 1.807) is 4.90 Å². The third-order valence-electron chi connectivity index (χ3n) is 2.68. The summed E-state index contributed by atoms with van der Waals surface area (Å²) in [6.07, 6.45) is 3.98. The van der Waals surface area contributed by atoms with E-state index in [9.17, 15) is 14.9 Å². The van der Waals surface area contributed by atoms with E-state index < -0.39 is 11.5 Å². The lowest BCUT2D eigenvalue weighted by Crippen LogP contribution is -2.45. The van der Waals surface area contributed by atoms with Crippen LogP contribution >= 0.6 is 0 Å². The molecule has 1 saturated heterocycles. The van der Waals surface area contributed by atoms with Crippen LogP contribution in [0.1, 0.15) is 32.6 Å². The molecule has 5 heteroatoms. The number of rotatable bonds is 3. The molecule has 0 saturated carbocycles. The van der Waals surface area contributed by atoms with Gasteiger partial charge < -0.3 is 4.90 Å². The van der Waals surface area contributed by atoms with Crippen LogP contribution in [-0.2, 0) is 4.79 Å². The highest BCUT2D eigenvalue weighted by molar-refractivity contribution is 5.77. The number of amides is 1. The van der Waals surface area contributed by atoms with Crippen molar-refractivity contribution in [1.82, 2.24) is 4.90 Å². The van der Waals surface area contributed by atoms with Crippen LogP contribution in [0, 0.1) is 10.1 Å². The summed E-state index contributed by atoms with van der Waals surface area (Å²) in [5.74, 6) is -0.332. The first-order valence-electron chi connectivity index (χ1n) is 5.06. The van der Waals surface area contributed by atoms with Crippen LogP contribution in [0.5, 0.6) is 0 Å². The zero-order chi connectivity index (χ0) is 10.6. The van der Waals surface area contributed by atoms with Crippen molar-refractivity contribution < 1.29 is 9.72 Å². The van der Waals surface area contributed by atoms with E-state index in [4.69, 9.17) is 0 Å². The second-order valence-electron chi connectivity index (χ2n) is 3.64. The molecule has 1 unspecified atom stereocenters. The number of nitrogens with zero attached hydrogens (tertiary/aromatic N) is 2. The van der Waals surface area contributed by atoms with E-state index >= 15 is 0 Å². The Balaban J connectivity index is 2.54. The molecule has 1 rings (SSSR count). The third kappa shape index (κ3) is 2.68. The summed E-state index contributed by atoms with van der Waals surface area (Å²) in [7, 11) is 0. The number of carbonyl (C=O) groups excluding carboxylic acids is 1. The van der Waals surface area contributed by atoms with Gasteiger partial charge in [0, 0.05) is 17.5 Å². The van der Waals surface area contributed by atoms with Gasteiger partial charge in [0.05, 0.1) is 0 Å². The van der Waals surface area contributed by atoms with Crippen molar-refractivity contribution in [2.75, 3.05) is 13.1 Å². The Labute approximate surface area is 83.2 Å². The van der Waals surface area contributed by atoms with Crippen LogP contribution < -0.4 is 0 Å². The summed E-state index contributed by atoms with van der Waals surface area (Å²) >= 11 is 0. The van der Waals surface area contributed by atoms with Crippen molar-refractivity contribution in [3.05, 3.63) is 10.1 Å². The van der Waals surface area contributed by atoms with Gasteiger partial charge in [0.2, 0.25) is 0 Å². The highest BCUT2D eigenvalue weighted by atomic mass is 16.6. The van der Waals surface area contributed by atoms with Crippen molar-refractivity contribution in [2.45, 2.75) is 38.6 Å². The largest absolute Gasteiger partial charge is 0.334 e. The smallest absolute Gasteiger partial charge is 0.294 e. The van der Waals surface area contributed by atoms with Gasteiger partial charge >= 0.3 is 0 Å². The summed E-state index contributed by atoms with van der Waals surface area (Å²) in [5, 5.41) is 10.2. The van der Waals surface area contributed by atoms with E-state index in [-0.39, 0.29) is 11.9 Å². The van der Waals surface area contributed by atoms with Crippen LogP contribution in [0.3, 0.4) is 0 Å². The first-order valence-corrected chi connectivity index (χ1v) is 5.06. The van der Waals surface area contributed by atoms with Gasteiger partial charge in [0.15, 0.2) is 0 Å². The summed E-state index contributed by atoms with van der Waals surface area (Å²) in [4.78, 5) is 22.8. The van der Waals surface area contributed by atoms with Gasteiger partial charge in [-0.2, -0.15) is 0 Å². The summed E-state index contributed by atoms with van der Waals surface area (Å²) in [6.45, 7) is 2.14. The number of hydrogen-bond acceptors (Lipinski definition) is 3. The molecule has 80 valence electrons. The molecule has 1 atom stereocenters. The Bertz CT molecular complexity index is 230. The highest BCUT2D eigenvalue weighted by Gasteiger charge is 2.27. The molecule has 1 aliphatic rings. The number of piperidine rings is 1. The molecule has 14 heavy (non-hydrogen) atoms. The Morgan fingerprint density at radius 1 is 1.57 bits per heavy atom. The number of nitro groups is 1. The Kier molecular flexibility index (Phi) is 3.85. The van der Waals surface area contributed by atoms with Crippen molar-refractivity contribution >= 4 is 5.91 Å². The molecule has 0 aromatic heterocycles. The maximum absolute atomic E-state index is 11.5. The average molecular weight is 200 g/mol. The fourth-order valence-electron chi connectivity index (χ4n) is 1.95. The molecule has 0 bridgehead atoms. The molecule has 0 aromatic carbocycles. The van der Waals surface area contributed by atoms with Crippen LogP contribution in [0.2, 0.25) is 0 Å². The lowest BCUT2D eigenvalue weighted by atomic mass is 10.00. The van der Waals surface area contributed by atoms with Crippen LogP contribution in [0.4, 0.5) is 0 Å². The van der Waals surface area contributed by atoms with Gasteiger partial charge in [-0.15, -0.1) is 0 Å². The van der Waals surface area contributed by atoms with Gasteiger partial charge in [-0.3, -0.25) is 14.9 Å². The molecule has 1 aliphatic heterocycles. The molecule has 1 heterocycles. The topological polar surface area (TPSA) is 63.5 Å². The molecule has 0 aliphatic carbocycles. The standard InChI is InChI=1S/C9H16N2O3/c1-2-8-5-3-4-6-10(8)9(12)7-11(13)14/h8H,2-7H2,1H3. The van der Waals surface area contributed by atoms with Crippen LogP contribution in [0.25, 0.3) is 0 Å². The maximum atomic E-state index is 11.5. The van der Waals surface area contributed by atoms with E-state index in [0.29, 0.717) is 6.54 Å².